The number of ketones is 2. The summed E-state index contributed by atoms with van der Waals surface area (Å²) in [7, 11) is -2.03. The minimum Gasteiger partial charge on any atom is -0.508 e. The number of methoxy groups -OCH3 is 1. The molecular weight excluding hydrogens is 913 g/mol. The fraction of sp³-hybridized carbons (Fsp3) is 0.170. The second-order valence-corrected chi connectivity index (χ2v) is 16.4. The van der Waals surface area contributed by atoms with Crippen LogP contribution in [0.15, 0.2) is 134 Å². The fourth-order valence-corrected chi connectivity index (χ4v) is 7.14. The number of rotatable bonds is 11. The molecule has 0 fully saturated rings. The van der Waals surface area contributed by atoms with Gasteiger partial charge in [0.2, 0.25) is 0 Å². The number of phenolic OH excluding ortho intramolecular Hbond substituents is 1. The zero-order valence-electron chi connectivity index (χ0n) is 39.5. The van der Waals surface area contributed by atoms with Gasteiger partial charge in [-0.25, -0.2) is 0 Å². The third kappa shape index (κ3) is 14.4. The van der Waals surface area contributed by atoms with Gasteiger partial charge >= 0.3 is 7.54 Å². The van der Waals surface area contributed by atoms with E-state index >= 15 is 0 Å². The molecule has 1 N–H and O–H groups in total. The Morgan fingerprint density at radius 3 is 1.44 bits per heavy atom. The van der Waals surface area contributed by atoms with Gasteiger partial charge in [0.15, 0.2) is 11.6 Å². The van der Waals surface area contributed by atoms with Gasteiger partial charge in [-0.3, -0.25) is 41.9 Å². The zero-order chi connectivity index (χ0) is 50.9. The third-order valence-electron chi connectivity index (χ3n) is 10.2. The first-order chi connectivity index (χ1) is 33.6. The van der Waals surface area contributed by atoms with E-state index in [1.807, 2.05) is 124 Å². The van der Waals surface area contributed by atoms with Crippen LogP contribution in [0.3, 0.4) is 0 Å². The molecule has 0 spiro atoms. The molecule has 0 unspecified atom stereocenters. The average molecular weight is 961 g/mol. The van der Waals surface area contributed by atoms with E-state index in [9.17, 15) is 27.6 Å². The Kier molecular flexibility index (Phi) is 19.0. The number of carbonyl (C=O) groups excluding carboxylic acids is 2. The van der Waals surface area contributed by atoms with Crippen LogP contribution in [0, 0.1) is 36.5 Å². The molecule has 0 aliphatic rings. The molecule has 12 nitrogen and oxygen atoms in total. The summed E-state index contributed by atoms with van der Waals surface area (Å²) >= 11 is 1.75. The number of thioether (sulfide) groups is 1. The number of ether oxygens (including phenoxy) is 1. The van der Waals surface area contributed by atoms with Crippen molar-refractivity contribution in [2.75, 3.05) is 19.6 Å². The predicted molar refractivity (Wildman–Crippen MR) is 270 cm³/mol. The summed E-state index contributed by atoms with van der Waals surface area (Å²) < 4.78 is 37.6. The SMILES string of the molecule is CC(=O)c1cccc(-c2ccc(-c3cn(CC#N)nc3-c3cc(C)cc(O)c3)cn2)c1.COc1cc(C)cc(-c2nn(CC#N)cc2-c2ccc(-c3cccc(C(C)=O)c3)nc2)c1.CSC.FB(F)F. The third-order valence-corrected chi connectivity index (χ3v) is 10.2. The number of Topliss-reactive ketones (excluding diaryl/α,β-unsaturated/α-hetero) is 2. The molecule has 0 saturated heterocycles. The van der Waals surface area contributed by atoms with Crippen molar-refractivity contribution in [2.45, 2.75) is 40.8 Å². The molecule has 0 atom stereocenters. The van der Waals surface area contributed by atoms with Gasteiger partial charge in [0.05, 0.1) is 30.6 Å². The Labute approximate surface area is 409 Å². The van der Waals surface area contributed by atoms with E-state index in [-0.39, 0.29) is 30.4 Å². The van der Waals surface area contributed by atoms with Crippen molar-refractivity contribution in [1.29, 1.82) is 10.5 Å². The van der Waals surface area contributed by atoms with Crippen LogP contribution in [0.1, 0.15) is 45.7 Å². The Morgan fingerprint density at radius 2 is 1.07 bits per heavy atom. The number of carbonyl (C=O) groups is 2. The number of phenols is 1. The Balaban J connectivity index is 0.000000230. The molecule has 0 bridgehead atoms. The number of halogens is 3. The highest BCUT2D eigenvalue weighted by Crippen LogP contribution is 2.36. The molecule has 17 heteroatoms. The topological polar surface area (TPSA) is 173 Å². The first kappa shape index (κ1) is 52.7. The summed E-state index contributed by atoms with van der Waals surface area (Å²) in [5, 5.41) is 37.5. The fourth-order valence-electron chi connectivity index (χ4n) is 7.14. The summed E-state index contributed by atoms with van der Waals surface area (Å²) in [6, 6.07) is 38.0. The van der Waals surface area contributed by atoms with E-state index in [0.717, 1.165) is 78.5 Å². The highest BCUT2D eigenvalue weighted by Gasteiger charge is 2.18. The predicted octanol–water partition coefficient (Wildman–Crippen LogP) is 12.2. The van der Waals surface area contributed by atoms with Crippen LogP contribution in [0.4, 0.5) is 12.9 Å². The second kappa shape index (κ2) is 25.2. The van der Waals surface area contributed by atoms with Crippen LogP contribution in [-0.4, -0.2) is 73.4 Å². The van der Waals surface area contributed by atoms with Crippen LogP contribution >= 0.6 is 11.8 Å². The number of pyridine rings is 2. The Morgan fingerprint density at radius 1 is 0.643 bits per heavy atom. The number of aromatic hydroxyl groups is 1. The summed E-state index contributed by atoms with van der Waals surface area (Å²) in [4.78, 5) is 32.6. The molecule has 0 aliphatic carbocycles. The van der Waals surface area contributed by atoms with Crippen LogP contribution < -0.4 is 4.74 Å². The van der Waals surface area contributed by atoms with Crippen molar-refractivity contribution in [3.63, 3.8) is 0 Å². The van der Waals surface area contributed by atoms with E-state index in [1.54, 1.807) is 78.7 Å². The van der Waals surface area contributed by atoms with E-state index < -0.39 is 7.54 Å². The van der Waals surface area contributed by atoms with Crippen LogP contribution in [0.5, 0.6) is 11.5 Å². The number of hydrogen-bond donors (Lipinski definition) is 1. The quantitative estimate of drug-likeness (QED) is 0.0965. The molecule has 0 radical (unpaired) electrons. The van der Waals surface area contributed by atoms with Crippen molar-refractivity contribution < 1.29 is 32.4 Å². The number of hydrogen-bond acceptors (Lipinski definition) is 11. The normalized spacial score (nSPS) is 10.2. The smallest absolute Gasteiger partial charge is 0.508 e. The summed E-state index contributed by atoms with van der Waals surface area (Å²) in [5.41, 5.74) is 13.1. The van der Waals surface area contributed by atoms with Gasteiger partial charge in [-0.1, -0.05) is 48.5 Å². The first-order valence-electron chi connectivity index (χ1n) is 21.4. The molecule has 0 amide bonds. The maximum atomic E-state index is 11.7. The molecule has 8 rings (SSSR count). The minimum absolute atomic E-state index is 0.00873. The van der Waals surface area contributed by atoms with E-state index in [1.165, 1.54) is 0 Å². The lowest BCUT2D eigenvalue weighted by molar-refractivity contribution is 0.100. The van der Waals surface area contributed by atoms with E-state index in [2.05, 4.69) is 32.3 Å². The second-order valence-electron chi connectivity index (χ2n) is 15.6. The van der Waals surface area contributed by atoms with Gasteiger partial charge in [0.1, 0.15) is 36.0 Å². The van der Waals surface area contributed by atoms with Crippen molar-refractivity contribution in [3.05, 3.63) is 156 Å². The maximum absolute atomic E-state index is 11.7. The number of aryl methyl sites for hydroxylation is 2. The molecule has 8 aromatic rings. The molecule has 70 heavy (non-hydrogen) atoms. The van der Waals surface area contributed by atoms with E-state index in [4.69, 9.17) is 15.3 Å². The average Bonchev–Trinajstić information content (AvgIpc) is 3.97. The number of nitriles is 2. The molecule has 0 saturated carbocycles. The van der Waals surface area contributed by atoms with E-state index in [0.29, 0.717) is 16.8 Å². The van der Waals surface area contributed by atoms with Gasteiger partial charge in [0.25, 0.3) is 0 Å². The van der Waals surface area contributed by atoms with Crippen LogP contribution in [0.25, 0.3) is 67.3 Å². The van der Waals surface area contributed by atoms with Gasteiger partial charge in [-0.05, 0) is 112 Å². The molecular formula is C53H48BF3N8O4S. The van der Waals surface area contributed by atoms with Crippen LogP contribution in [0.2, 0.25) is 0 Å². The van der Waals surface area contributed by atoms with Crippen LogP contribution in [-0.2, 0) is 13.1 Å². The molecule has 4 heterocycles. The Hall–Kier alpha value is -8.28. The maximum Gasteiger partial charge on any atom is 0.762 e. The van der Waals surface area contributed by atoms with Crippen molar-refractivity contribution in [3.8, 4) is 90.9 Å². The lowest BCUT2D eigenvalue weighted by atomic mass is 10.0. The minimum atomic E-state index is -3.67. The van der Waals surface area contributed by atoms with Gasteiger partial charge in [-0.15, -0.1) is 0 Å². The lowest BCUT2D eigenvalue weighted by Crippen LogP contribution is -1.95. The molecule has 0 aliphatic heterocycles. The number of benzene rings is 4. The number of nitrogens with zero attached hydrogens (tertiary/aromatic N) is 8. The first-order valence-corrected chi connectivity index (χ1v) is 23.0. The summed E-state index contributed by atoms with van der Waals surface area (Å²) in [6.07, 6.45) is 11.3. The highest BCUT2D eigenvalue weighted by atomic mass is 32.2. The largest absolute Gasteiger partial charge is 0.762 e. The van der Waals surface area contributed by atoms with Crippen molar-refractivity contribution in [1.82, 2.24) is 29.5 Å². The summed E-state index contributed by atoms with van der Waals surface area (Å²) in [6.45, 7) is 7.27. The monoisotopic (exact) mass is 960 g/mol. The standard InChI is InChI=1S/C26H22N4O2.C25H20N4O2.C2H6S.BF3/c1-17-11-22(14-23(12-17)32-3)26-24(16-30(29-26)10-9-27)21-7-8-25(28-15-21)20-6-4-5-19(13-20)18(2)31;1-16-10-21(13-22(31)11-16)25-23(15-29(28-25)9-8-26)20-6-7-24(27-14-20)19-5-3-4-18(12-19)17(2)30;1-3-2;2-1(3)4/h4-8,11-16H,10H2,1-3H3;3-7,10-15,31H,9H2,1-2H3;1-2H3;. The van der Waals surface area contributed by atoms with Gasteiger partial charge in [-0.2, -0.15) is 32.5 Å². The van der Waals surface area contributed by atoms with Gasteiger partial charge < -0.3 is 9.84 Å². The Bertz CT molecular complexity index is 3140. The lowest BCUT2D eigenvalue weighted by Gasteiger charge is -2.08. The van der Waals surface area contributed by atoms with Gasteiger partial charge in [0, 0.05) is 80.4 Å². The molecule has 354 valence electrons. The van der Waals surface area contributed by atoms with Crippen molar-refractivity contribution in [2.24, 2.45) is 0 Å². The zero-order valence-corrected chi connectivity index (χ0v) is 40.3. The molecule has 4 aromatic carbocycles. The van der Waals surface area contributed by atoms with Crippen molar-refractivity contribution >= 4 is 30.9 Å². The summed E-state index contributed by atoms with van der Waals surface area (Å²) in [5.74, 6) is 0.940. The number of aromatic nitrogens is 6. The molecule has 4 aromatic heterocycles. The highest BCUT2D eigenvalue weighted by molar-refractivity contribution is 7.97.